The fourth-order valence-electron chi connectivity index (χ4n) is 4.12. The number of benzene rings is 1. The van der Waals surface area contributed by atoms with Crippen molar-refractivity contribution in [1.29, 1.82) is 0 Å². The molecule has 1 aromatic rings. The quantitative estimate of drug-likeness (QED) is 0.917. The van der Waals surface area contributed by atoms with Crippen LogP contribution in [-0.2, 0) is 6.54 Å². The predicted molar refractivity (Wildman–Crippen MR) is 78.7 cm³/mol. The molecule has 3 heteroatoms. The molecule has 0 radical (unpaired) electrons. The number of carboxylic acid groups (broad SMARTS) is 1. The minimum absolute atomic E-state index is 0.398. The van der Waals surface area contributed by atoms with Gasteiger partial charge in [-0.3, -0.25) is 4.90 Å². The number of likely N-dealkylation sites (tertiary alicyclic amines) is 1. The minimum Gasteiger partial charge on any atom is -0.478 e. The Morgan fingerprint density at radius 1 is 1.35 bits per heavy atom. The first-order chi connectivity index (χ1) is 9.65. The van der Waals surface area contributed by atoms with Crippen LogP contribution in [0.15, 0.2) is 24.3 Å². The van der Waals surface area contributed by atoms with Gasteiger partial charge in [0.1, 0.15) is 0 Å². The monoisotopic (exact) mass is 273 g/mol. The van der Waals surface area contributed by atoms with E-state index >= 15 is 0 Å². The van der Waals surface area contributed by atoms with Gasteiger partial charge >= 0.3 is 5.97 Å². The summed E-state index contributed by atoms with van der Waals surface area (Å²) < 4.78 is 0. The van der Waals surface area contributed by atoms with E-state index in [2.05, 4.69) is 11.8 Å². The summed E-state index contributed by atoms with van der Waals surface area (Å²) in [5.41, 5.74) is 1.53. The van der Waals surface area contributed by atoms with E-state index in [1.54, 1.807) is 6.07 Å². The van der Waals surface area contributed by atoms with Crippen LogP contribution in [0.5, 0.6) is 0 Å². The molecule has 0 bridgehead atoms. The normalized spacial score (nSPS) is 30.1. The van der Waals surface area contributed by atoms with Gasteiger partial charge in [0.15, 0.2) is 0 Å². The van der Waals surface area contributed by atoms with Crippen molar-refractivity contribution in [1.82, 2.24) is 4.90 Å². The van der Waals surface area contributed by atoms with E-state index in [1.165, 1.54) is 25.7 Å². The van der Waals surface area contributed by atoms with Crippen LogP contribution in [0.2, 0.25) is 0 Å². The van der Waals surface area contributed by atoms with Crippen LogP contribution >= 0.6 is 0 Å². The van der Waals surface area contributed by atoms with Gasteiger partial charge in [-0.25, -0.2) is 4.79 Å². The lowest BCUT2D eigenvalue weighted by Crippen LogP contribution is -2.34. The molecule has 2 fully saturated rings. The van der Waals surface area contributed by atoms with Gasteiger partial charge in [-0.2, -0.15) is 0 Å². The third-order valence-electron chi connectivity index (χ3n) is 5.06. The first-order valence-electron chi connectivity index (χ1n) is 7.71. The highest BCUT2D eigenvalue weighted by atomic mass is 16.4. The number of aromatic carboxylic acids is 1. The van der Waals surface area contributed by atoms with Gasteiger partial charge in [0.25, 0.3) is 0 Å². The Labute approximate surface area is 120 Å². The summed E-state index contributed by atoms with van der Waals surface area (Å²) >= 11 is 0. The Balaban J connectivity index is 1.74. The number of carboxylic acids is 1. The number of nitrogens with zero attached hydrogens (tertiary/aromatic N) is 1. The number of carbonyl (C=O) groups is 1. The van der Waals surface area contributed by atoms with E-state index in [1.807, 2.05) is 18.2 Å². The van der Waals surface area contributed by atoms with E-state index in [0.29, 0.717) is 11.6 Å². The van der Waals surface area contributed by atoms with Crippen molar-refractivity contribution >= 4 is 5.97 Å². The number of hydrogen-bond acceptors (Lipinski definition) is 2. The lowest BCUT2D eigenvalue weighted by atomic mass is 9.80. The Kier molecular flexibility index (Phi) is 3.79. The molecule has 0 spiro atoms. The molecule has 1 heterocycles. The molecule has 3 nitrogen and oxygen atoms in total. The molecule has 2 aliphatic rings. The number of hydrogen-bond donors (Lipinski definition) is 1. The van der Waals surface area contributed by atoms with Gasteiger partial charge in [0, 0.05) is 19.1 Å². The molecule has 1 aromatic carbocycles. The van der Waals surface area contributed by atoms with Crippen molar-refractivity contribution in [3.63, 3.8) is 0 Å². The summed E-state index contributed by atoms with van der Waals surface area (Å²) in [4.78, 5) is 13.6. The molecule has 1 aliphatic heterocycles. The first kappa shape index (κ1) is 13.6. The van der Waals surface area contributed by atoms with Gasteiger partial charge in [-0.15, -0.1) is 0 Å². The van der Waals surface area contributed by atoms with Gasteiger partial charge < -0.3 is 5.11 Å². The van der Waals surface area contributed by atoms with Gasteiger partial charge in [0.2, 0.25) is 0 Å². The SMILES string of the molecule is CC1CN(Cc2cccc(C(=O)O)c2)C2CCCCC12. The fraction of sp³-hybridized carbons (Fsp3) is 0.588. The van der Waals surface area contributed by atoms with Crippen molar-refractivity contribution in [3.8, 4) is 0 Å². The Bertz CT molecular complexity index is 500. The highest BCUT2D eigenvalue weighted by molar-refractivity contribution is 5.87. The summed E-state index contributed by atoms with van der Waals surface area (Å²) in [6, 6.07) is 8.11. The summed E-state index contributed by atoms with van der Waals surface area (Å²) in [7, 11) is 0. The highest BCUT2D eigenvalue weighted by Gasteiger charge is 2.40. The molecule has 1 aliphatic carbocycles. The third-order valence-corrected chi connectivity index (χ3v) is 5.06. The molecular formula is C17H23NO2. The third kappa shape index (κ3) is 2.59. The smallest absolute Gasteiger partial charge is 0.335 e. The van der Waals surface area contributed by atoms with E-state index in [0.717, 1.165) is 30.5 Å². The highest BCUT2D eigenvalue weighted by Crippen LogP contribution is 2.40. The Morgan fingerprint density at radius 2 is 2.15 bits per heavy atom. The summed E-state index contributed by atoms with van der Waals surface area (Å²) in [6.07, 6.45) is 5.42. The lowest BCUT2D eigenvalue weighted by Gasteiger charge is -2.32. The molecule has 108 valence electrons. The van der Waals surface area contributed by atoms with Crippen LogP contribution in [0.4, 0.5) is 0 Å². The maximum atomic E-state index is 11.1. The molecule has 1 saturated carbocycles. The molecule has 3 unspecified atom stereocenters. The van der Waals surface area contributed by atoms with Crippen LogP contribution in [0.25, 0.3) is 0 Å². The molecule has 0 aromatic heterocycles. The predicted octanol–water partition coefficient (Wildman–Crippen LogP) is 3.40. The van der Waals surface area contributed by atoms with Crippen LogP contribution in [0, 0.1) is 11.8 Å². The zero-order chi connectivity index (χ0) is 14.1. The standard InChI is InChI=1S/C17H23NO2/c1-12-10-18(16-8-3-2-7-15(12)16)11-13-5-4-6-14(9-13)17(19)20/h4-6,9,12,15-16H,2-3,7-8,10-11H2,1H3,(H,19,20). The van der Waals surface area contributed by atoms with Crippen molar-refractivity contribution in [3.05, 3.63) is 35.4 Å². The van der Waals surface area contributed by atoms with Crippen LogP contribution in [0.1, 0.15) is 48.5 Å². The van der Waals surface area contributed by atoms with E-state index < -0.39 is 5.97 Å². The molecule has 1 saturated heterocycles. The second-order valence-corrected chi connectivity index (χ2v) is 6.43. The summed E-state index contributed by atoms with van der Waals surface area (Å²) in [5, 5.41) is 9.09. The largest absolute Gasteiger partial charge is 0.478 e. The minimum atomic E-state index is -0.836. The summed E-state index contributed by atoms with van der Waals surface area (Å²) in [5.74, 6) is 0.798. The Hall–Kier alpha value is -1.35. The number of rotatable bonds is 3. The van der Waals surface area contributed by atoms with Crippen molar-refractivity contribution < 1.29 is 9.90 Å². The molecule has 20 heavy (non-hydrogen) atoms. The second-order valence-electron chi connectivity index (χ2n) is 6.43. The molecular weight excluding hydrogens is 250 g/mol. The van der Waals surface area contributed by atoms with Gasteiger partial charge in [-0.1, -0.05) is 31.9 Å². The first-order valence-corrected chi connectivity index (χ1v) is 7.71. The lowest BCUT2D eigenvalue weighted by molar-refractivity contribution is 0.0696. The average Bonchev–Trinajstić information content (AvgIpc) is 2.76. The van der Waals surface area contributed by atoms with E-state index in [4.69, 9.17) is 5.11 Å². The van der Waals surface area contributed by atoms with Gasteiger partial charge in [0.05, 0.1) is 5.56 Å². The number of fused-ring (bicyclic) bond motifs is 1. The van der Waals surface area contributed by atoms with Crippen molar-refractivity contribution in [2.75, 3.05) is 6.54 Å². The molecule has 3 atom stereocenters. The average molecular weight is 273 g/mol. The van der Waals surface area contributed by atoms with Gasteiger partial charge in [-0.05, 0) is 42.4 Å². The van der Waals surface area contributed by atoms with Crippen molar-refractivity contribution in [2.24, 2.45) is 11.8 Å². The van der Waals surface area contributed by atoms with Crippen LogP contribution in [0.3, 0.4) is 0 Å². The van der Waals surface area contributed by atoms with E-state index in [-0.39, 0.29) is 0 Å². The summed E-state index contributed by atoms with van der Waals surface area (Å²) in [6.45, 7) is 4.43. The fourth-order valence-corrected chi connectivity index (χ4v) is 4.12. The topological polar surface area (TPSA) is 40.5 Å². The molecule has 0 amide bonds. The van der Waals surface area contributed by atoms with E-state index in [9.17, 15) is 4.79 Å². The second kappa shape index (κ2) is 5.57. The zero-order valence-corrected chi connectivity index (χ0v) is 12.1. The maximum absolute atomic E-state index is 11.1. The molecule has 3 rings (SSSR count). The molecule has 1 N–H and O–H groups in total. The maximum Gasteiger partial charge on any atom is 0.335 e. The van der Waals surface area contributed by atoms with Crippen LogP contribution < -0.4 is 0 Å². The Morgan fingerprint density at radius 3 is 2.95 bits per heavy atom. The zero-order valence-electron chi connectivity index (χ0n) is 12.1. The van der Waals surface area contributed by atoms with Crippen LogP contribution in [-0.4, -0.2) is 28.6 Å². The van der Waals surface area contributed by atoms with Crippen molar-refractivity contribution in [2.45, 2.75) is 45.2 Å².